The van der Waals surface area contributed by atoms with Crippen molar-refractivity contribution in [3.05, 3.63) is 47.1 Å². The van der Waals surface area contributed by atoms with Crippen LogP contribution in [0.25, 0.3) is 0 Å². The lowest BCUT2D eigenvalue weighted by molar-refractivity contribution is 0.413. The van der Waals surface area contributed by atoms with Crippen LogP contribution in [0.1, 0.15) is 5.56 Å². The fraction of sp³-hybridized carbons (Fsp3) is 0.167. The number of hydrogen-bond acceptors (Lipinski definition) is 4. The molecule has 18 heavy (non-hydrogen) atoms. The zero-order chi connectivity index (χ0) is 13.0. The molecule has 0 atom stereocenters. The normalized spacial score (nSPS) is 10.2. The Balaban J connectivity index is 2.16. The molecule has 2 rings (SSSR count). The minimum atomic E-state index is -0.274. The molecule has 1 aromatic carbocycles. The highest BCUT2D eigenvalue weighted by molar-refractivity contribution is 6.31. The lowest BCUT2D eigenvalue weighted by Crippen LogP contribution is -2.05. The van der Waals surface area contributed by atoms with Crippen molar-refractivity contribution < 1.29 is 9.13 Å². The van der Waals surface area contributed by atoms with E-state index in [9.17, 15) is 4.39 Å². The average molecular weight is 268 g/mol. The van der Waals surface area contributed by atoms with Crippen LogP contribution in [0.3, 0.4) is 0 Å². The van der Waals surface area contributed by atoms with E-state index in [1.807, 2.05) is 0 Å². The first-order chi connectivity index (χ1) is 8.72. The second-order valence-electron chi connectivity index (χ2n) is 3.49. The zero-order valence-electron chi connectivity index (χ0n) is 9.65. The van der Waals surface area contributed by atoms with Gasteiger partial charge in [0, 0.05) is 12.1 Å². The van der Waals surface area contributed by atoms with Gasteiger partial charge >= 0.3 is 0 Å². The van der Waals surface area contributed by atoms with Crippen LogP contribution in [0.4, 0.5) is 10.2 Å². The van der Waals surface area contributed by atoms with E-state index in [0.29, 0.717) is 17.1 Å². The molecule has 1 aromatic heterocycles. The van der Waals surface area contributed by atoms with Gasteiger partial charge < -0.3 is 10.1 Å². The number of ether oxygens (including phenoxy) is 1. The summed E-state index contributed by atoms with van der Waals surface area (Å²) in [4.78, 5) is 7.80. The molecule has 0 aliphatic carbocycles. The van der Waals surface area contributed by atoms with Crippen molar-refractivity contribution in [2.24, 2.45) is 0 Å². The van der Waals surface area contributed by atoms with Gasteiger partial charge in [-0.05, 0) is 6.07 Å². The highest BCUT2D eigenvalue weighted by Crippen LogP contribution is 2.28. The second kappa shape index (κ2) is 5.64. The van der Waals surface area contributed by atoms with Gasteiger partial charge in [-0.1, -0.05) is 29.8 Å². The van der Waals surface area contributed by atoms with Crippen molar-refractivity contribution in [2.45, 2.75) is 6.54 Å². The van der Waals surface area contributed by atoms with E-state index < -0.39 is 0 Å². The van der Waals surface area contributed by atoms with E-state index in [1.165, 1.54) is 19.5 Å². The Morgan fingerprint density at radius 3 is 2.83 bits per heavy atom. The minimum Gasteiger partial charge on any atom is -0.490 e. The Labute approximate surface area is 109 Å². The molecular weight excluding hydrogens is 257 g/mol. The van der Waals surface area contributed by atoms with Crippen LogP contribution in [0.2, 0.25) is 5.15 Å². The number of nitrogens with one attached hydrogen (secondary N) is 1. The molecule has 0 radical (unpaired) electrons. The Morgan fingerprint density at radius 1 is 1.33 bits per heavy atom. The Bertz CT molecular complexity index is 551. The lowest BCUT2D eigenvalue weighted by atomic mass is 10.2. The number of rotatable bonds is 4. The Hall–Kier alpha value is -1.88. The smallest absolute Gasteiger partial charge is 0.198 e. The molecule has 94 valence electrons. The summed E-state index contributed by atoms with van der Waals surface area (Å²) in [5.41, 5.74) is 0.536. The standard InChI is InChI=1S/C12H11ClFN3O/c1-18-10-11(13)16-7-17-12(10)15-6-8-4-2-3-5-9(8)14/h2-5,7H,6H2,1H3,(H,15,16,17). The van der Waals surface area contributed by atoms with Crippen LogP contribution in [0.15, 0.2) is 30.6 Å². The third kappa shape index (κ3) is 2.68. The summed E-state index contributed by atoms with van der Waals surface area (Å²) >= 11 is 5.85. The summed E-state index contributed by atoms with van der Waals surface area (Å²) in [6.45, 7) is 0.288. The number of hydrogen-bond donors (Lipinski definition) is 1. The van der Waals surface area contributed by atoms with Crippen LogP contribution in [-0.4, -0.2) is 17.1 Å². The van der Waals surface area contributed by atoms with Crippen molar-refractivity contribution in [3.8, 4) is 5.75 Å². The summed E-state index contributed by atoms with van der Waals surface area (Å²) in [6, 6.07) is 6.50. The SMILES string of the molecule is COc1c(Cl)ncnc1NCc1ccccc1F. The first-order valence-corrected chi connectivity index (χ1v) is 5.62. The van der Waals surface area contributed by atoms with Crippen molar-refractivity contribution >= 4 is 17.4 Å². The highest BCUT2D eigenvalue weighted by Gasteiger charge is 2.10. The first kappa shape index (κ1) is 12.6. The molecule has 1 heterocycles. The highest BCUT2D eigenvalue weighted by atomic mass is 35.5. The molecule has 0 unspecified atom stereocenters. The number of methoxy groups -OCH3 is 1. The van der Waals surface area contributed by atoms with E-state index in [2.05, 4.69) is 15.3 Å². The van der Waals surface area contributed by atoms with Crippen molar-refractivity contribution in [1.29, 1.82) is 0 Å². The summed E-state index contributed by atoms with van der Waals surface area (Å²) in [5.74, 6) is 0.500. The fourth-order valence-electron chi connectivity index (χ4n) is 1.48. The summed E-state index contributed by atoms with van der Waals surface area (Å²) in [5, 5.41) is 3.17. The predicted molar refractivity (Wildman–Crippen MR) is 67.3 cm³/mol. The van der Waals surface area contributed by atoms with Crippen LogP contribution in [0.5, 0.6) is 5.75 Å². The summed E-state index contributed by atoms with van der Waals surface area (Å²) in [7, 11) is 1.47. The Kier molecular flexibility index (Phi) is 3.94. The summed E-state index contributed by atoms with van der Waals surface area (Å²) < 4.78 is 18.5. The number of benzene rings is 1. The second-order valence-corrected chi connectivity index (χ2v) is 3.85. The molecule has 0 aliphatic rings. The molecule has 1 N–H and O–H groups in total. The number of nitrogens with zero attached hydrogens (tertiary/aromatic N) is 2. The number of aromatic nitrogens is 2. The molecule has 0 saturated carbocycles. The van der Waals surface area contributed by atoms with Crippen molar-refractivity contribution in [2.75, 3.05) is 12.4 Å². The van der Waals surface area contributed by atoms with Gasteiger partial charge in [-0.3, -0.25) is 0 Å². The first-order valence-electron chi connectivity index (χ1n) is 5.24. The summed E-state index contributed by atoms with van der Waals surface area (Å²) in [6.07, 6.45) is 1.31. The van der Waals surface area contributed by atoms with E-state index in [0.717, 1.165) is 0 Å². The van der Waals surface area contributed by atoms with Gasteiger partial charge in [-0.15, -0.1) is 0 Å². The molecule has 0 amide bonds. The van der Waals surface area contributed by atoms with Gasteiger partial charge in [0.1, 0.15) is 12.1 Å². The quantitative estimate of drug-likeness (QED) is 0.866. The fourth-order valence-corrected chi connectivity index (χ4v) is 1.69. The maximum Gasteiger partial charge on any atom is 0.198 e. The largest absolute Gasteiger partial charge is 0.490 e. The molecule has 4 nitrogen and oxygen atoms in total. The van der Waals surface area contributed by atoms with E-state index >= 15 is 0 Å². The molecular formula is C12H11ClFN3O. The number of anilines is 1. The van der Waals surface area contributed by atoms with Crippen LogP contribution in [-0.2, 0) is 6.54 Å². The van der Waals surface area contributed by atoms with Gasteiger partial charge in [-0.25, -0.2) is 14.4 Å². The molecule has 0 aliphatic heterocycles. The molecule has 6 heteroatoms. The van der Waals surface area contributed by atoms with E-state index in [4.69, 9.17) is 16.3 Å². The van der Waals surface area contributed by atoms with E-state index in [1.54, 1.807) is 18.2 Å². The maximum atomic E-state index is 13.4. The van der Waals surface area contributed by atoms with Gasteiger partial charge in [-0.2, -0.15) is 0 Å². The minimum absolute atomic E-state index is 0.212. The molecule has 0 spiro atoms. The lowest BCUT2D eigenvalue weighted by Gasteiger charge is -2.10. The maximum absolute atomic E-state index is 13.4. The van der Waals surface area contributed by atoms with E-state index in [-0.39, 0.29) is 17.5 Å². The van der Waals surface area contributed by atoms with Gasteiger partial charge in [0.2, 0.25) is 0 Å². The van der Waals surface area contributed by atoms with Crippen molar-refractivity contribution in [1.82, 2.24) is 9.97 Å². The topological polar surface area (TPSA) is 47.0 Å². The average Bonchev–Trinajstić information content (AvgIpc) is 2.38. The van der Waals surface area contributed by atoms with Crippen molar-refractivity contribution in [3.63, 3.8) is 0 Å². The van der Waals surface area contributed by atoms with Gasteiger partial charge in [0.05, 0.1) is 7.11 Å². The molecule has 0 bridgehead atoms. The third-order valence-electron chi connectivity index (χ3n) is 2.37. The van der Waals surface area contributed by atoms with Gasteiger partial charge in [0.15, 0.2) is 16.7 Å². The van der Waals surface area contributed by atoms with Crippen LogP contribution >= 0.6 is 11.6 Å². The monoisotopic (exact) mass is 267 g/mol. The Morgan fingerprint density at radius 2 is 2.11 bits per heavy atom. The molecule has 0 fully saturated rings. The molecule has 2 aromatic rings. The zero-order valence-corrected chi connectivity index (χ0v) is 10.4. The number of halogens is 2. The van der Waals surface area contributed by atoms with Gasteiger partial charge in [0.25, 0.3) is 0 Å². The predicted octanol–water partition coefficient (Wildman–Crippen LogP) is 2.89. The molecule has 0 saturated heterocycles. The van der Waals surface area contributed by atoms with Crippen LogP contribution in [0, 0.1) is 5.82 Å². The van der Waals surface area contributed by atoms with Crippen LogP contribution < -0.4 is 10.1 Å². The third-order valence-corrected chi connectivity index (χ3v) is 2.64.